The number of hydrogen-bond acceptors (Lipinski definition) is 4. The fraction of sp³-hybridized carbons (Fsp3) is 1.00. The van der Waals surface area contributed by atoms with E-state index in [0.717, 1.165) is 19.4 Å². The van der Waals surface area contributed by atoms with E-state index in [4.69, 9.17) is 0 Å². The standard InChI is InChI=1S/C14H31N.C12H26O4S/c1-2-3-4-5-6-7-8-9-10-11-12-13-14-15;1-2-3-4-5-6-7-8-9-10-11-12-16-17(13,14)15/h2-15H2,1H3;2-12H2,1H3,(H,13,14,15). The number of quaternary nitrogens is 1. The highest BCUT2D eigenvalue weighted by Gasteiger charge is 1.96. The van der Waals surface area contributed by atoms with Crippen LogP contribution in [0.2, 0.25) is 0 Å². The smallest absolute Gasteiger partial charge is 0.217 e. The van der Waals surface area contributed by atoms with Crippen LogP contribution in [0, 0.1) is 0 Å². The third-order valence-electron chi connectivity index (χ3n) is 5.83. The molecule has 0 aromatic rings. The largest absolute Gasteiger partial charge is 0.726 e. The van der Waals surface area contributed by atoms with Gasteiger partial charge in [0, 0.05) is 0 Å². The van der Waals surface area contributed by atoms with Gasteiger partial charge in [0.2, 0.25) is 10.4 Å². The van der Waals surface area contributed by atoms with Crippen molar-refractivity contribution in [2.75, 3.05) is 13.2 Å². The monoisotopic (exact) mass is 479 g/mol. The van der Waals surface area contributed by atoms with Gasteiger partial charge < -0.3 is 10.3 Å². The van der Waals surface area contributed by atoms with Crippen LogP contribution in [0.15, 0.2) is 0 Å². The van der Waals surface area contributed by atoms with Crippen LogP contribution in [0.3, 0.4) is 0 Å². The Labute approximate surface area is 201 Å². The summed E-state index contributed by atoms with van der Waals surface area (Å²) in [5.74, 6) is 0. The summed E-state index contributed by atoms with van der Waals surface area (Å²) in [6, 6.07) is 0. The molecule has 0 aromatic heterocycles. The highest BCUT2D eigenvalue weighted by atomic mass is 32.3. The second-order valence-electron chi connectivity index (χ2n) is 9.15. The van der Waals surface area contributed by atoms with Crippen molar-refractivity contribution in [2.24, 2.45) is 0 Å². The van der Waals surface area contributed by atoms with Crippen LogP contribution in [0.4, 0.5) is 0 Å². The molecule has 0 rings (SSSR count). The van der Waals surface area contributed by atoms with Crippen molar-refractivity contribution in [3.8, 4) is 0 Å². The van der Waals surface area contributed by atoms with Gasteiger partial charge in [-0.15, -0.1) is 0 Å². The summed E-state index contributed by atoms with van der Waals surface area (Å²) in [7, 11) is -4.48. The molecule has 5 nitrogen and oxygen atoms in total. The summed E-state index contributed by atoms with van der Waals surface area (Å²) in [5.41, 5.74) is 3.87. The molecular formula is C26H57NO4S. The Morgan fingerprint density at radius 1 is 0.531 bits per heavy atom. The first kappa shape index (κ1) is 34.0. The maximum absolute atomic E-state index is 10.1. The summed E-state index contributed by atoms with van der Waals surface area (Å²) in [6.07, 6.45) is 28.9. The molecule has 0 fully saturated rings. The lowest BCUT2D eigenvalue weighted by atomic mass is 10.1. The van der Waals surface area contributed by atoms with Crippen molar-refractivity contribution in [3.05, 3.63) is 0 Å². The second-order valence-corrected chi connectivity index (χ2v) is 10.2. The lowest BCUT2D eigenvalue weighted by Crippen LogP contribution is -2.50. The van der Waals surface area contributed by atoms with Gasteiger partial charge in [-0.1, -0.05) is 136 Å². The van der Waals surface area contributed by atoms with E-state index in [1.807, 2.05) is 0 Å². The van der Waals surface area contributed by atoms with Crippen LogP contribution < -0.4 is 5.73 Å². The van der Waals surface area contributed by atoms with E-state index in [0.29, 0.717) is 6.42 Å². The van der Waals surface area contributed by atoms with Gasteiger partial charge >= 0.3 is 0 Å². The number of hydrogen-bond donors (Lipinski definition) is 1. The molecule has 0 saturated carbocycles. The van der Waals surface area contributed by atoms with E-state index in [1.165, 1.54) is 122 Å². The highest BCUT2D eigenvalue weighted by Crippen LogP contribution is 2.12. The molecule has 196 valence electrons. The molecule has 0 aliphatic rings. The fourth-order valence-electron chi connectivity index (χ4n) is 3.77. The first-order valence-corrected chi connectivity index (χ1v) is 15.2. The normalized spacial score (nSPS) is 11.4. The van der Waals surface area contributed by atoms with Crippen molar-refractivity contribution in [2.45, 2.75) is 155 Å². The third-order valence-corrected chi connectivity index (χ3v) is 6.28. The third kappa shape index (κ3) is 37.2. The molecule has 0 saturated heterocycles. The highest BCUT2D eigenvalue weighted by molar-refractivity contribution is 7.80. The molecule has 0 unspecified atom stereocenters. The quantitative estimate of drug-likeness (QED) is 0.0891. The van der Waals surface area contributed by atoms with Crippen LogP contribution in [0.5, 0.6) is 0 Å². The summed E-state index contributed by atoms with van der Waals surface area (Å²) in [6.45, 7) is 5.65. The molecule has 0 atom stereocenters. The van der Waals surface area contributed by atoms with E-state index in [-0.39, 0.29) is 6.61 Å². The Morgan fingerprint density at radius 3 is 1.09 bits per heavy atom. The lowest BCUT2D eigenvalue weighted by Gasteiger charge is -2.06. The van der Waals surface area contributed by atoms with Crippen LogP contribution in [-0.2, 0) is 14.6 Å². The Morgan fingerprint density at radius 2 is 0.812 bits per heavy atom. The van der Waals surface area contributed by atoms with Gasteiger partial charge in [-0.25, -0.2) is 8.42 Å². The molecule has 0 amide bonds. The molecule has 3 N–H and O–H groups in total. The van der Waals surface area contributed by atoms with Gasteiger partial charge in [0.25, 0.3) is 0 Å². The van der Waals surface area contributed by atoms with Gasteiger partial charge in [0.1, 0.15) is 0 Å². The Bertz CT molecular complexity index is 418. The van der Waals surface area contributed by atoms with Gasteiger partial charge in [0.15, 0.2) is 0 Å². The van der Waals surface area contributed by atoms with E-state index < -0.39 is 10.4 Å². The van der Waals surface area contributed by atoms with Crippen LogP contribution >= 0.6 is 0 Å². The number of unbranched alkanes of at least 4 members (excludes halogenated alkanes) is 20. The van der Waals surface area contributed by atoms with E-state index in [1.54, 1.807) is 0 Å². The van der Waals surface area contributed by atoms with E-state index in [2.05, 4.69) is 23.8 Å². The zero-order chi connectivity index (χ0) is 24.2. The van der Waals surface area contributed by atoms with Crippen molar-refractivity contribution in [3.63, 3.8) is 0 Å². The zero-order valence-electron chi connectivity index (χ0n) is 21.7. The summed E-state index contributed by atoms with van der Waals surface area (Å²) in [4.78, 5) is 0. The average molecular weight is 480 g/mol. The predicted octanol–water partition coefficient (Wildman–Crippen LogP) is 7.31. The van der Waals surface area contributed by atoms with Crippen molar-refractivity contribution < 1.29 is 22.9 Å². The van der Waals surface area contributed by atoms with Crippen LogP contribution in [0.25, 0.3) is 0 Å². The van der Waals surface area contributed by atoms with Gasteiger partial charge in [-0.05, 0) is 19.3 Å². The minimum Gasteiger partial charge on any atom is -0.726 e. The minimum atomic E-state index is -4.48. The Balaban J connectivity index is 0. The molecule has 0 aromatic carbocycles. The molecule has 0 radical (unpaired) electrons. The molecule has 0 aliphatic heterocycles. The fourth-order valence-corrected chi connectivity index (χ4v) is 4.09. The first-order valence-electron chi connectivity index (χ1n) is 13.9. The SMILES string of the molecule is CCCCCCCCCCCCCC[NH3+].CCCCCCCCCCCCOS(=O)(=O)[O-]. The van der Waals surface area contributed by atoms with Crippen LogP contribution in [-0.4, -0.2) is 26.1 Å². The molecule has 0 heterocycles. The number of rotatable bonds is 24. The predicted molar refractivity (Wildman–Crippen MR) is 136 cm³/mol. The van der Waals surface area contributed by atoms with Crippen LogP contribution in [0.1, 0.15) is 155 Å². The maximum Gasteiger partial charge on any atom is 0.217 e. The molecule has 6 heteroatoms. The molecule has 0 bridgehead atoms. The summed E-state index contributed by atoms with van der Waals surface area (Å²) in [5, 5.41) is 0. The molecular weight excluding hydrogens is 422 g/mol. The van der Waals surface area contributed by atoms with Crippen molar-refractivity contribution in [1.82, 2.24) is 0 Å². The van der Waals surface area contributed by atoms with E-state index >= 15 is 0 Å². The topological polar surface area (TPSA) is 94.1 Å². The average Bonchev–Trinajstić information content (AvgIpc) is 2.75. The van der Waals surface area contributed by atoms with Gasteiger partial charge in [0.05, 0.1) is 13.2 Å². The second kappa shape index (κ2) is 28.9. The van der Waals surface area contributed by atoms with Gasteiger partial charge in [-0.3, -0.25) is 4.18 Å². The van der Waals surface area contributed by atoms with Crippen molar-refractivity contribution >= 4 is 10.4 Å². The first-order chi connectivity index (χ1) is 15.5. The minimum absolute atomic E-state index is 0.0301. The van der Waals surface area contributed by atoms with E-state index in [9.17, 15) is 13.0 Å². The molecule has 0 aliphatic carbocycles. The molecule has 0 spiro atoms. The lowest BCUT2D eigenvalue weighted by molar-refractivity contribution is -0.368. The summed E-state index contributed by atoms with van der Waals surface area (Å²) >= 11 is 0. The zero-order valence-corrected chi connectivity index (χ0v) is 22.5. The Kier molecular flexibility index (Phi) is 30.7. The maximum atomic E-state index is 10.1. The Hall–Kier alpha value is -0.170. The van der Waals surface area contributed by atoms with Crippen molar-refractivity contribution in [1.29, 1.82) is 0 Å². The molecule has 32 heavy (non-hydrogen) atoms. The summed E-state index contributed by atoms with van der Waals surface area (Å²) < 4.78 is 34.5. The van der Waals surface area contributed by atoms with Gasteiger partial charge in [-0.2, -0.15) is 0 Å².